The van der Waals surface area contributed by atoms with Gasteiger partial charge in [-0.25, -0.2) is 0 Å². The van der Waals surface area contributed by atoms with Crippen LogP contribution in [0.4, 0.5) is 18.9 Å². The molecule has 0 aliphatic rings. The highest BCUT2D eigenvalue weighted by atomic mass is 19.4. The number of carbonyl (C=O) groups excluding carboxylic acids is 1. The zero-order chi connectivity index (χ0) is 16.2. The third-order valence-corrected chi connectivity index (χ3v) is 2.87. The molecule has 0 saturated heterocycles. The topological polar surface area (TPSA) is 64.8 Å². The molecule has 1 aromatic carbocycles. The molecule has 1 rings (SSSR count). The first-order valence-corrected chi connectivity index (χ1v) is 6.07. The van der Waals surface area contributed by atoms with Gasteiger partial charge in [-0.1, -0.05) is 0 Å². The highest BCUT2D eigenvalue weighted by molar-refractivity contribution is 5.95. The van der Waals surface area contributed by atoms with E-state index in [-0.39, 0.29) is 23.2 Å². The Bertz CT molecular complexity index is 506. The summed E-state index contributed by atoms with van der Waals surface area (Å²) in [6.07, 6.45) is -4.83. The number of methoxy groups -OCH3 is 1. The zero-order valence-corrected chi connectivity index (χ0v) is 11.9. The normalized spacial score (nSPS) is 12.9. The van der Waals surface area contributed by atoms with Gasteiger partial charge in [0, 0.05) is 19.7 Å². The Kier molecular flexibility index (Phi) is 5.42. The first-order chi connectivity index (χ1) is 9.65. The van der Waals surface area contributed by atoms with E-state index in [2.05, 4.69) is 4.74 Å². The number of likely N-dealkylation sites (N-methyl/N-ethyl adjacent to an activating group) is 1. The zero-order valence-electron chi connectivity index (χ0n) is 11.9. The molecule has 0 spiro atoms. The van der Waals surface area contributed by atoms with E-state index in [0.717, 1.165) is 12.1 Å². The number of hydrogen-bond donors (Lipinski definition) is 1. The number of amides is 1. The smallest absolute Gasteiger partial charge is 0.404 e. The number of rotatable bonds is 5. The summed E-state index contributed by atoms with van der Waals surface area (Å²) in [4.78, 5) is 13.6. The van der Waals surface area contributed by atoms with Crippen molar-refractivity contribution in [1.29, 1.82) is 0 Å². The Morgan fingerprint density at radius 1 is 1.43 bits per heavy atom. The van der Waals surface area contributed by atoms with Gasteiger partial charge in [-0.15, -0.1) is 13.2 Å². The van der Waals surface area contributed by atoms with Crippen LogP contribution >= 0.6 is 0 Å². The number of halogens is 3. The van der Waals surface area contributed by atoms with Gasteiger partial charge in [0.2, 0.25) is 0 Å². The predicted octanol–water partition coefficient (Wildman–Crippen LogP) is 2.27. The van der Waals surface area contributed by atoms with E-state index in [1.54, 1.807) is 14.0 Å². The van der Waals surface area contributed by atoms with E-state index in [0.29, 0.717) is 6.61 Å². The molecular weight excluding hydrogens is 289 g/mol. The fraction of sp³-hybridized carbons (Fsp3) is 0.462. The summed E-state index contributed by atoms with van der Waals surface area (Å²) < 4.78 is 45.1. The number of carbonyl (C=O) groups is 1. The summed E-state index contributed by atoms with van der Waals surface area (Å²) in [5.74, 6) is -0.906. The molecule has 1 amide bonds. The van der Waals surface area contributed by atoms with Crippen LogP contribution in [0.5, 0.6) is 5.75 Å². The molecule has 8 heteroatoms. The lowest BCUT2D eigenvalue weighted by atomic mass is 10.1. The van der Waals surface area contributed by atoms with E-state index >= 15 is 0 Å². The second-order valence-corrected chi connectivity index (χ2v) is 4.52. The SMILES string of the molecule is COCC(C)N(C)C(=O)c1ccc(OC(F)(F)F)c(N)c1. The van der Waals surface area contributed by atoms with E-state index in [1.807, 2.05) is 0 Å². The maximum atomic E-state index is 12.2. The fourth-order valence-electron chi connectivity index (χ4n) is 1.66. The number of hydrogen-bond acceptors (Lipinski definition) is 4. The minimum atomic E-state index is -4.83. The van der Waals surface area contributed by atoms with Gasteiger partial charge < -0.3 is 20.1 Å². The van der Waals surface area contributed by atoms with Crippen molar-refractivity contribution in [3.05, 3.63) is 23.8 Å². The molecule has 5 nitrogen and oxygen atoms in total. The van der Waals surface area contributed by atoms with Gasteiger partial charge in [0.15, 0.2) is 5.75 Å². The van der Waals surface area contributed by atoms with Crippen molar-refractivity contribution in [1.82, 2.24) is 4.90 Å². The molecule has 1 aromatic rings. The van der Waals surface area contributed by atoms with E-state index in [1.165, 1.54) is 18.1 Å². The summed E-state index contributed by atoms with van der Waals surface area (Å²) in [7, 11) is 3.08. The molecule has 0 aromatic heterocycles. The summed E-state index contributed by atoms with van der Waals surface area (Å²) in [6.45, 7) is 2.12. The van der Waals surface area contributed by atoms with Crippen LogP contribution in [0.1, 0.15) is 17.3 Å². The van der Waals surface area contributed by atoms with Crippen molar-refractivity contribution in [2.75, 3.05) is 26.5 Å². The summed E-state index contributed by atoms with van der Waals surface area (Å²) in [5, 5.41) is 0. The van der Waals surface area contributed by atoms with Gasteiger partial charge in [-0.2, -0.15) is 0 Å². The van der Waals surface area contributed by atoms with E-state index in [9.17, 15) is 18.0 Å². The van der Waals surface area contributed by atoms with Crippen molar-refractivity contribution >= 4 is 11.6 Å². The standard InChI is InChI=1S/C13H17F3N2O3/c1-8(7-20-3)18(2)12(19)9-4-5-11(10(17)6-9)21-13(14,15)16/h4-6,8H,7,17H2,1-3H3. The lowest BCUT2D eigenvalue weighted by Crippen LogP contribution is -2.37. The van der Waals surface area contributed by atoms with Crippen LogP contribution in [0.3, 0.4) is 0 Å². The Balaban J connectivity index is 2.90. The second-order valence-electron chi connectivity index (χ2n) is 4.52. The molecular formula is C13H17F3N2O3. The highest BCUT2D eigenvalue weighted by Gasteiger charge is 2.32. The molecule has 0 radical (unpaired) electrons. The number of alkyl halides is 3. The molecule has 21 heavy (non-hydrogen) atoms. The lowest BCUT2D eigenvalue weighted by Gasteiger charge is -2.24. The molecule has 0 saturated carbocycles. The summed E-state index contributed by atoms with van der Waals surface area (Å²) in [5.41, 5.74) is 5.40. The summed E-state index contributed by atoms with van der Waals surface area (Å²) in [6, 6.07) is 3.22. The predicted molar refractivity (Wildman–Crippen MR) is 71.0 cm³/mol. The van der Waals surface area contributed by atoms with Gasteiger partial charge in [0.1, 0.15) is 0 Å². The van der Waals surface area contributed by atoms with E-state index < -0.39 is 12.1 Å². The maximum absolute atomic E-state index is 12.2. The molecule has 1 atom stereocenters. The first kappa shape index (κ1) is 17.1. The molecule has 0 aliphatic carbocycles. The lowest BCUT2D eigenvalue weighted by molar-refractivity contribution is -0.274. The van der Waals surface area contributed by atoms with Crippen LogP contribution < -0.4 is 10.5 Å². The van der Waals surface area contributed by atoms with Crippen LogP contribution in [0, 0.1) is 0 Å². The van der Waals surface area contributed by atoms with Crippen molar-refractivity contribution < 1.29 is 27.4 Å². The van der Waals surface area contributed by atoms with Crippen LogP contribution in [-0.2, 0) is 4.74 Å². The van der Waals surface area contributed by atoms with Crippen LogP contribution in [0.2, 0.25) is 0 Å². The Labute approximate surface area is 120 Å². The Morgan fingerprint density at radius 2 is 2.05 bits per heavy atom. The quantitative estimate of drug-likeness (QED) is 0.848. The third kappa shape index (κ3) is 4.82. The molecule has 0 aliphatic heterocycles. The highest BCUT2D eigenvalue weighted by Crippen LogP contribution is 2.29. The fourth-order valence-corrected chi connectivity index (χ4v) is 1.66. The largest absolute Gasteiger partial charge is 0.573 e. The summed E-state index contributed by atoms with van der Waals surface area (Å²) >= 11 is 0. The number of nitrogens with two attached hydrogens (primary N) is 1. The minimum absolute atomic E-state index is 0.174. The molecule has 0 heterocycles. The Morgan fingerprint density at radius 3 is 2.52 bits per heavy atom. The van der Waals surface area contributed by atoms with Gasteiger partial charge in [-0.3, -0.25) is 4.79 Å². The molecule has 2 N–H and O–H groups in total. The number of nitrogen functional groups attached to an aromatic ring is 1. The Hall–Kier alpha value is -1.96. The number of anilines is 1. The van der Waals surface area contributed by atoms with Crippen LogP contribution in [0.15, 0.2) is 18.2 Å². The van der Waals surface area contributed by atoms with Crippen molar-refractivity contribution in [3.8, 4) is 5.75 Å². The van der Waals surface area contributed by atoms with Crippen molar-refractivity contribution in [2.24, 2.45) is 0 Å². The minimum Gasteiger partial charge on any atom is -0.404 e. The number of nitrogens with zero attached hydrogens (tertiary/aromatic N) is 1. The van der Waals surface area contributed by atoms with Crippen molar-refractivity contribution in [2.45, 2.75) is 19.3 Å². The maximum Gasteiger partial charge on any atom is 0.573 e. The van der Waals surface area contributed by atoms with Gasteiger partial charge in [-0.05, 0) is 25.1 Å². The molecule has 0 fully saturated rings. The average molecular weight is 306 g/mol. The first-order valence-electron chi connectivity index (χ1n) is 6.07. The van der Waals surface area contributed by atoms with Crippen molar-refractivity contribution in [3.63, 3.8) is 0 Å². The third-order valence-electron chi connectivity index (χ3n) is 2.87. The number of ether oxygens (including phenoxy) is 2. The van der Waals surface area contributed by atoms with Crippen LogP contribution in [0.25, 0.3) is 0 Å². The monoisotopic (exact) mass is 306 g/mol. The molecule has 0 bridgehead atoms. The van der Waals surface area contributed by atoms with Gasteiger partial charge >= 0.3 is 6.36 Å². The molecule has 118 valence electrons. The van der Waals surface area contributed by atoms with Gasteiger partial charge in [0.25, 0.3) is 5.91 Å². The second kappa shape index (κ2) is 6.66. The number of benzene rings is 1. The van der Waals surface area contributed by atoms with Crippen LogP contribution in [-0.4, -0.2) is 44.0 Å². The molecule has 1 unspecified atom stereocenters. The average Bonchev–Trinajstić information content (AvgIpc) is 2.38. The van der Waals surface area contributed by atoms with Gasteiger partial charge in [0.05, 0.1) is 18.3 Å². The van der Waals surface area contributed by atoms with E-state index in [4.69, 9.17) is 10.5 Å².